The highest BCUT2D eigenvalue weighted by molar-refractivity contribution is 5.78. The third-order valence-corrected chi connectivity index (χ3v) is 4.14. The number of ether oxygens (including phenoxy) is 1. The minimum atomic E-state index is 0.153. The molecule has 0 radical (unpaired) electrons. The van der Waals surface area contributed by atoms with Gasteiger partial charge in [0, 0.05) is 12.8 Å². The molecule has 1 saturated heterocycles. The van der Waals surface area contributed by atoms with Crippen molar-refractivity contribution in [2.45, 2.75) is 31.7 Å². The highest BCUT2D eigenvalue weighted by Crippen LogP contribution is 2.23. The van der Waals surface area contributed by atoms with Crippen LogP contribution in [0.1, 0.15) is 24.8 Å². The first-order chi connectivity index (χ1) is 9.81. The molecule has 1 aromatic rings. The molecule has 4 heteroatoms. The summed E-state index contributed by atoms with van der Waals surface area (Å²) in [6.45, 7) is 2.87. The Morgan fingerprint density at radius 2 is 2.00 bits per heavy atom. The summed E-state index contributed by atoms with van der Waals surface area (Å²) in [5.41, 5.74) is 0.952. The van der Waals surface area contributed by atoms with Crippen molar-refractivity contribution in [3.63, 3.8) is 0 Å². The molecular weight excluding hydrogens is 252 g/mol. The van der Waals surface area contributed by atoms with Gasteiger partial charge in [0.1, 0.15) is 12.4 Å². The molecule has 2 heterocycles. The number of hydrogen-bond acceptors (Lipinski definition) is 4. The summed E-state index contributed by atoms with van der Waals surface area (Å²) in [5, 5.41) is 13.2. The van der Waals surface area contributed by atoms with Crippen molar-refractivity contribution in [1.82, 2.24) is 5.32 Å². The number of rotatable bonds is 4. The molecule has 1 unspecified atom stereocenters. The van der Waals surface area contributed by atoms with E-state index >= 15 is 0 Å². The van der Waals surface area contributed by atoms with Gasteiger partial charge in [-0.15, -0.1) is 0 Å². The SMILES string of the molecule is Oc1ccccc1CC1COC(CC2CCNCC2)=N1. The lowest BCUT2D eigenvalue weighted by Gasteiger charge is -2.21. The molecule has 108 valence electrons. The fraction of sp³-hybridized carbons (Fsp3) is 0.562. The lowest BCUT2D eigenvalue weighted by molar-refractivity contribution is 0.292. The Hall–Kier alpha value is -1.55. The molecule has 2 aliphatic heterocycles. The number of benzene rings is 1. The molecular formula is C16H22N2O2. The monoisotopic (exact) mass is 274 g/mol. The molecule has 1 fully saturated rings. The number of hydrogen-bond donors (Lipinski definition) is 2. The van der Waals surface area contributed by atoms with Crippen LogP contribution in [0.15, 0.2) is 29.3 Å². The zero-order chi connectivity index (χ0) is 13.8. The van der Waals surface area contributed by atoms with Gasteiger partial charge in [0.2, 0.25) is 0 Å². The van der Waals surface area contributed by atoms with Gasteiger partial charge in [0.25, 0.3) is 0 Å². The number of nitrogens with zero attached hydrogens (tertiary/aromatic N) is 1. The van der Waals surface area contributed by atoms with E-state index in [-0.39, 0.29) is 6.04 Å². The van der Waals surface area contributed by atoms with Gasteiger partial charge in [-0.1, -0.05) is 18.2 Å². The molecule has 3 rings (SSSR count). The van der Waals surface area contributed by atoms with Crippen LogP contribution in [0.25, 0.3) is 0 Å². The first-order valence-corrected chi connectivity index (χ1v) is 7.48. The largest absolute Gasteiger partial charge is 0.508 e. The van der Waals surface area contributed by atoms with Crippen LogP contribution in [0.5, 0.6) is 5.75 Å². The fourth-order valence-corrected chi connectivity index (χ4v) is 2.96. The van der Waals surface area contributed by atoms with Crippen molar-refractivity contribution >= 4 is 5.90 Å². The molecule has 0 saturated carbocycles. The number of aliphatic imine (C=N–C) groups is 1. The first kappa shape index (κ1) is 13.4. The molecule has 0 aliphatic carbocycles. The van der Waals surface area contributed by atoms with Gasteiger partial charge >= 0.3 is 0 Å². The van der Waals surface area contributed by atoms with Crippen LogP contribution in [0.3, 0.4) is 0 Å². The Bertz CT molecular complexity index is 481. The smallest absolute Gasteiger partial charge is 0.183 e. The van der Waals surface area contributed by atoms with E-state index in [9.17, 15) is 5.11 Å². The fourth-order valence-electron chi connectivity index (χ4n) is 2.96. The number of phenolic OH excluding ortho intramolecular Hbond substituents is 1. The first-order valence-electron chi connectivity index (χ1n) is 7.48. The second kappa shape index (κ2) is 6.27. The molecule has 1 aromatic carbocycles. The maximum Gasteiger partial charge on any atom is 0.183 e. The number of para-hydroxylation sites is 1. The molecule has 0 aromatic heterocycles. The molecule has 2 N–H and O–H groups in total. The molecule has 4 nitrogen and oxygen atoms in total. The van der Waals surface area contributed by atoms with Crippen LogP contribution in [0.4, 0.5) is 0 Å². The lowest BCUT2D eigenvalue weighted by atomic mass is 9.95. The number of aromatic hydroxyl groups is 1. The maximum absolute atomic E-state index is 9.80. The summed E-state index contributed by atoms with van der Waals surface area (Å²) >= 11 is 0. The minimum Gasteiger partial charge on any atom is -0.508 e. The van der Waals surface area contributed by atoms with E-state index < -0.39 is 0 Å². The Morgan fingerprint density at radius 3 is 2.80 bits per heavy atom. The summed E-state index contributed by atoms with van der Waals surface area (Å²) in [7, 11) is 0. The molecule has 0 amide bonds. The van der Waals surface area contributed by atoms with Gasteiger partial charge in [-0.2, -0.15) is 0 Å². The van der Waals surface area contributed by atoms with Gasteiger partial charge in [-0.05, 0) is 43.5 Å². The van der Waals surface area contributed by atoms with Crippen molar-refractivity contribution in [2.75, 3.05) is 19.7 Å². The van der Waals surface area contributed by atoms with Crippen molar-refractivity contribution in [3.8, 4) is 5.75 Å². The van der Waals surface area contributed by atoms with Crippen LogP contribution < -0.4 is 5.32 Å². The van der Waals surface area contributed by atoms with E-state index in [0.717, 1.165) is 37.4 Å². The van der Waals surface area contributed by atoms with E-state index in [1.54, 1.807) is 6.07 Å². The summed E-state index contributed by atoms with van der Waals surface area (Å²) in [4.78, 5) is 4.68. The molecule has 1 atom stereocenters. The summed E-state index contributed by atoms with van der Waals surface area (Å²) in [5.74, 6) is 1.98. The molecule has 0 spiro atoms. The molecule has 2 aliphatic rings. The van der Waals surface area contributed by atoms with Crippen LogP contribution in [0.2, 0.25) is 0 Å². The van der Waals surface area contributed by atoms with Crippen LogP contribution in [-0.4, -0.2) is 36.7 Å². The quantitative estimate of drug-likeness (QED) is 0.884. The third-order valence-electron chi connectivity index (χ3n) is 4.14. The zero-order valence-corrected chi connectivity index (χ0v) is 11.7. The van der Waals surface area contributed by atoms with Crippen molar-refractivity contribution in [3.05, 3.63) is 29.8 Å². The standard InChI is InChI=1S/C16H22N2O2/c19-15-4-2-1-3-13(15)10-14-11-20-16(18-14)9-12-5-7-17-8-6-12/h1-4,12,14,17,19H,5-11H2. The van der Waals surface area contributed by atoms with Gasteiger partial charge in [0.05, 0.1) is 6.04 Å². The summed E-state index contributed by atoms with van der Waals surface area (Å²) < 4.78 is 5.73. The van der Waals surface area contributed by atoms with Crippen molar-refractivity contribution in [2.24, 2.45) is 10.9 Å². The van der Waals surface area contributed by atoms with E-state index in [0.29, 0.717) is 18.3 Å². The predicted octanol–water partition coefficient (Wildman–Crippen LogP) is 2.12. The predicted molar refractivity (Wildman–Crippen MR) is 79.2 cm³/mol. The van der Waals surface area contributed by atoms with E-state index in [4.69, 9.17) is 4.74 Å². The number of nitrogens with one attached hydrogen (secondary N) is 1. The Labute approximate surface area is 119 Å². The highest BCUT2D eigenvalue weighted by Gasteiger charge is 2.23. The van der Waals surface area contributed by atoms with Gasteiger partial charge in [-0.3, -0.25) is 0 Å². The van der Waals surface area contributed by atoms with Gasteiger partial charge in [-0.25, -0.2) is 4.99 Å². The summed E-state index contributed by atoms with van der Waals surface area (Å²) in [6, 6.07) is 7.63. The van der Waals surface area contributed by atoms with E-state index in [1.165, 1.54) is 12.8 Å². The minimum absolute atomic E-state index is 0.153. The zero-order valence-electron chi connectivity index (χ0n) is 11.7. The van der Waals surface area contributed by atoms with Crippen LogP contribution >= 0.6 is 0 Å². The summed E-state index contributed by atoms with van der Waals surface area (Å²) in [6.07, 6.45) is 4.15. The van der Waals surface area contributed by atoms with Crippen molar-refractivity contribution < 1.29 is 9.84 Å². The van der Waals surface area contributed by atoms with Gasteiger partial charge < -0.3 is 15.2 Å². The lowest BCUT2D eigenvalue weighted by Crippen LogP contribution is -2.28. The van der Waals surface area contributed by atoms with Crippen molar-refractivity contribution in [1.29, 1.82) is 0 Å². The molecule has 20 heavy (non-hydrogen) atoms. The number of piperidine rings is 1. The second-order valence-electron chi connectivity index (χ2n) is 5.72. The third kappa shape index (κ3) is 3.31. The second-order valence-corrected chi connectivity index (χ2v) is 5.72. The maximum atomic E-state index is 9.80. The molecule has 0 bridgehead atoms. The highest BCUT2D eigenvalue weighted by atomic mass is 16.5. The Balaban J connectivity index is 1.56. The van der Waals surface area contributed by atoms with E-state index in [2.05, 4.69) is 10.3 Å². The van der Waals surface area contributed by atoms with E-state index in [1.807, 2.05) is 18.2 Å². The topological polar surface area (TPSA) is 53.9 Å². The Kier molecular flexibility index (Phi) is 4.21. The Morgan fingerprint density at radius 1 is 1.20 bits per heavy atom. The normalized spacial score (nSPS) is 23.4. The average molecular weight is 274 g/mol. The average Bonchev–Trinajstić information content (AvgIpc) is 2.90. The number of phenols is 1. The van der Waals surface area contributed by atoms with Gasteiger partial charge in [0.15, 0.2) is 5.90 Å². The van der Waals surface area contributed by atoms with Crippen LogP contribution in [-0.2, 0) is 11.2 Å². The van der Waals surface area contributed by atoms with Crippen LogP contribution in [0, 0.1) is 5.92 Å².